The van der Waals surface area contributed by atoms with Crippen LogP contribution in [-0.2, 0) is 4.79 Å². The predicted molar refractivity (Wildman–Crippen MR) is 55.7 cm³/mol. The molecule has 0 aromatic heterocycles. The Labute approximate surface area is 86.0 Å². The lowest BCUT2D eigenvalue weighted by Gasteiger charge is -2.27. The van der Waals surface area contributed by atoms with E-state index in [0.29, 0.717) is 12.0 Å². The highest BCUT2D eigenvalue weighted by molar-refractivity contribution is 7.97. The summed E-state index contributed by atoms with van der Waals surface area (Å²) in [5.74, 6) is -0.251. The summed E-state index contributed by atoms with van der Waals surface area (Å²) in [6.45, 7) is 1.83. The molecule has 0 amide bonds. The zero-order valence-corrected chi connectivity index (χ0v) is 8.90. The standard InChI is InChI=1S/C8H12O3S2/c1-5-6(4-9)8(13-11)3-2-7(5)12-10/h4,6,8,10-11H,2-3H2,1H3. The van der Waals surface area contributed by atoms with Crippen molar-refractivity contribution in [3.63, 3.8) is 0 Å². The van der Waals surface area contributed by atoms with Crippen molar-refractivity contribution in [1.82, 2.24) is 0 Å². The van der Waals surface area contributed by atoms with Crippen LogP contribution in [0, 0.1) is 5.92 Å². The highest BCUT2D eigenvalue weighted by atomic mass is 32.2. The Morgan fingerprint density at radius 1 is 1.54 bits per heavy atom. The molecular formula is C8H12O3S2. The van der Waals surface area contributed by atoms with Crippen molar-refractivity contribution >= 4 is 30.4 Å². The van der Waals surface area contributed by atoms with E-state index in [9.17, 15) is 4.79 Å². The van der Waals surface area contributed by atoms with E-state index in [1.54, 1.807) is 0 Å². The Morgan fingerprint density at radius 2 is 2.23 bits per heavy atom. The predicted octanol–water partition coefficient (Wildman–Crippen LogP) is 2.65. The first-order valence-electron chi connectivity index (χ1n) is 4.01. The van der Waals surface area contributed by atoms with Crippen LogP contribution in [0.1, 0.15) is 19.8 Å². The molecule has 1 aliphatic carbocycles. The molecule has 13 heavy (non-hydrogen) atoms. The molecular weight excluding hydrogens is 208 g/mol. The minimum Gasteiger partial charge on any atom is -0.330 e. The minimum absolute atomic E-state index is 0.0478. The van der Waals surface area contributed by atoms with Gasteiger partial charge in [0.15, 0.2) is 0 Å². The zero-order valence-electron chi connectivity index (χ0n) is 7.27. The van der Waals surface area contributed by atoms with E-state index in [2.05, 4.69) is 0 Å². The first kappa shape index (κ1) is 11.1. The van der Waals surface area contributed by atoms with Gasteiger partial charge in [0.1, 0.15) is 6.29 Å². The maximum Gasteiger partial charge on any atom is 0.128 e. The third-order valence-corrected chi connectivity index (χ3v) is 3.93. The molecule has 2 N–H and O–H groups in total. The fourth-order valence-electron chi connectivity index (χ4n) is 1.54. The summed E-state index contributed by atoms with van der Waals surface area (Å²) in [6.07, 6.45) is 2.33. The van der Waals surface area contributed by atoms with Crippen LogP contribution in [0.15, 0.2) is 10.5 Å². The van der Waals surface area contributed by atoms with Crippen molar-refractivity contribution in [1.29, 1.82) is 0 Å². The summed E-state index contributed by atoms with van der Waals surface area (Å²) < 4.78 is 17.8. The van der Waals surface area contributed by atoms with Crippen molar-refractivity contribution in [2.45, 2.75) is 25.0 Å². The average Bonchev–Trinajstić information content (AvgIpc) is 2.17. The summed E-state index contributed by atoms with van der Waals surface area (Å²) in [7, 11) is 0. The van der Waals surface area contributed by atoms with E-state index in [0.717, 1.165) is 41.6 Å². The number of rotatable bonds is 3. The smallest absolute Gasteiger partial charge is 0.128 e. The quantitative estimate of drug-likeness (QED) is 0.565. The molecule has 2 unspecified atom stereocenters. The molecule has 0 aliphatic heterocycles. The van der Waals surface area contributed by atoms with Gasteiger partial charge in [-0.05, 0) is 31.8 Å². The van der Waals surface area contributed by atoms with Gasteiger partial charge in [-0.3, -0.25) is 0 Å². The number of hydrogen-bond donors (Lipinski definition) is 2. The lowest BCUT2D eigenvalue weighted by atomic mass is 9.89. The molecule has 5 heteroatoms. The molecule has 1 rings (SSSR count). The molecule has 0 aromatic carbocycles. The third kappa shape index (κ3) is 2.28. The highest BCUT2D eigenvalue weighted by Crippen LogP contribution is 2.38. The van der Waals surface area contributed by atoms with Gasteiger partial charge in [-0.1, -0.05) is 5.57 Å². The Morgan fingerprint density at radius 3 is 2.69 bits per heavy atom. The van der Waals surface area contributed by atoms with Crippen LogP contribution < -0.4 is 0 Å². The van der Waals surface area contributed by atoms with Gasteiger partial charge < -0.3 is 13.9 Å². The second-order valence-electron chi connectivity index (χ2n) is 3.04. The van der Waals surface area contributed by atoms with Crippen LogP contribution in [0.2, 0.25) is 0 Å². The maximum atomic E-state index is 10.8. The van der Waals surface area contributed by atoms with E-state index in [1.807, 2.05) is 6.92 Å². The Hall–Kier alpha value is 0.0300. The first-order chi connectivity index (χ1) is 6.24. The van der Waals surface area contributed by atoms with Crippen LogP contribution in [0.3, 0.4) is 0 Å². The van der Waals surface area contributed by atoms with Gasteiger partial charge in [0.25, 0.3) is 0 Å². The van der Waals surface area contributed by atoms with Gasteiger partial charge in [0.2, 0.25) is 0 Å². The van der Waals surface area contributed by atoms with Gasteiger partial charge >= 0.3 is 0 Å². The molecule has 0 bridgehead atoms. The highest BCUT2D eigenvalue weighted by Gasteiger charge is 2.29. The topological polar surface area (TPSA) is 57.5 Å². The molecule has 1 aliphatic rings. The molecule has 2 atom stereocenters. The van der Waals surface area contributed by atoms with Gasteiger partial charge in [-0.25, -0.2) is 0 Å². The summed E-state index contributed by atoms with van der Waals surface area (Å²) >= 11 is 1.45. The normalized spacial score (nSPS) is 29.2. The Kier molecular flexibility index (Phi) is 4.31. The van der Waals surface area contributed by atoms with Crippen LogP contribution >= 0.6 is 24.1 Å². The fraction of sp³-hybridized carbons (Fsp3) is 0.625. The van der Waals surface area contributed by atoms with Gasteiger partial charge in [0, 0.05) is 22.2 Å². The van der Waals surface area contributed by atoms with Crippen LogP contribution in [0.5, 0.6) is 0 Å². The van der Waals surface area contributed by atoms with Crippen molar-refractivity contribution in [2.24, 2.45) is 5.92 Å². The monoisotopic (exact) mass is 220 g/mol. The lowest BCUT2D eigenvalue weighted by molar-refractivity contribution is -0.110. The Balaban J connectivity index is 2.87. The molecule has 0 spiro atoms. The van der Waals surface area contributed by atoms with E-state index in [-0.39, 0.29) is 11.2 Å². The average molecular weight is 220 g/mol. The summed E-state index contributed by atoms with van der Waals surface area (Å²) in [6, 6.07) is 0. The molecule has 0 aromatic rings. The van der Waals surface area contributed by atoms with Crippen molar-refractivity contribution < 1.29 is 13.9 Å². The number of allylic oxidation sites excluding steroid dienone is 2. The van der Waals surface area contributed by atoms with Crippen LogP contribution in [-0.4, -0.2) is 20.6 Å². The van der Waals surface area contributed by atoms with E-state index < -0.39 is 0 Å². The van der Waals surface area contributed by atoms with Crippen molar-refractivity contribution in [3.05, 3.63) is 10.5 Å². The number of aldehydes is 1. The largest absolute Gasteiger partial charge is 0.330 e. The number of carbonyl (C=O) groups is 1. The molecule has 0 radical (unpaired) electrons. The second kappa shape index (κ2) is 5.05. The first-order valence-corrected chi connectivity index (χ1v) is 5.62. The number of hydrogen-bond acceptors (Lipinski definition) is 5. The van der Waals surface area contributed by atoms with Crippen molar-refractivity contribution in [2.75, 3.05) is 0 Å². The summed E-state index contributed by atoms with van der Waals surface area (Å²) in [5.41, 5.74) is 0.889. The zero-order chi connectivity index (χ0) is 9.84. The second-order valence-corrected chi connectivity index (χ2v) is 4.53. The minimum atomic E-state index is -0.251. The van der Waals surface area contributed by atoms with Gasteiger partial charge in [-0.2, -0.15) is 0 Å². The molecule has 0 saturated heterocycles. The van der Waals surface area contributed by atoms with Gasteiger partial charge in [-0.15, -0.1) is 0 Å². The third-order valence-electron chi connectivity index (χ3n) is 2.39. The maximum absolute atomic E-state index is 10.8. The number of carbonyl (C=O) groups excluding carboxylic acids is 1. The lowest BCUT2D eigenvalue weighted by Crippen LogP contribution is -2.24. The summed E-state index contributed by atoms with van der Waals surface area (Å²) in [5, 5.41) is -0.0478. The Bertz CT molecular complexity index is 227. The molecule has 0 saturated carbocycles. The summed E-state index contributed by atoms with van der Waals surface area (Å²) in [4.78, 5) is 11.6. The van der Waals surface area contributed by atoms with Crippen LogP contribution in [0.4, 0.5) is 0 Å². The molecule has 3 nitrogen and oxygen atoms in total. The van der Waals surface area contributed by atoms with E-state index in [1.165, 1.54) is 0 Å². The molecule has 0 fully saturated rings. The fourth-order valence-corrected chi connectivity index (χ4v) is 2.65. The van der Waals surface area contributed by atoms with Crippen molar-refractivity contribution in [3.8, 4) is 0 Å². The molecule has 74 valence electrons. The molecule has 0 heterocycles. The van der Waals surface area contributed by atoms with Gasteiger partial charge in [0.05, 0.1) is 5.92 Å². The van der Waals surface area contributed by atoms with E-state index in [4.69, 9.17) is 9.11 Å². The van der Waals surface area contributed by atoms with Crippen LogP contribution in [0.25, 0.3) is 0 Å². The van der Waals surface area contributed by atoms with E-state index >= 15 is 0 Å². The SMILES string of the molecule is CC1=C(SO)CCC(SO)C1C=O.